The molecule has 1 aliphatic heterocycles. The smallest absolute Gasteiger partial charge is 0.324 e. The topological polar surface area (TPSA) is 95.4 Å². The van der Waals surface area contributed by atoms with E-state index in [-0.39, 0.29) is 11.0 Å². The molecule has 224 valence electrons. The first-order valence-electron chi connectivity index (χ1n) is 14.1. The lowest BCUT2D eigenvalue weighted by molar-refractivity contribution is 0.0741. The van der Waals surface area contributed by atoms with Gasteiger partial charge in [0.1, 0.15) is 23.3 Å². The van der Waals surface area contributed by atoms with Crippen LogP contribution in [-0.4, -0.2) is 57.8 Å². The third kappa shape index (κ3) is 6.66. The fourth-order valence-electron chi connectivity index (χ4n) is 4.82. The average Bonchev–Trinajstić information content (AvgIpc) is 3.38. The Labute approximate surface area is 249 Å². The van der Waals surface area contributed by atoms with Crippen LogP contribution in [0.2, 0.25) is 0 Å². The third-order valence-electron chi connectivity index (χ3n) is 7.37. The number of pyridine rings is 1. The number of nitrogens with zero attached hydrogens (tertiary/aromatic N) is 5. The van der Waals surface area contributed by atoms with E-state index in [1.165, 1.54) is 6.07 Å². The number of carbonyl (C=O) groups excluding carboxylic acids is 2. The highest BCUT2D eigenvalue weighted by Gasteiger charge is 2.26. The van der Waals surface area contributed by atoms with Crippen molar-refractivity contribution >= 4 is 29.3 Å². The maximum Gasteiger partial charge on any atom is 0.324 e. The van der Waals surface area contributed by atoms with Crippen molar-refractivity contribution in [1.82, 2.24) is 19.7 Å². The van der Waals surface area contributed by atoms with Gasteiger partial charge in [-0.05, 0) is 50.2 Å². The Morgan fingerprint density at radius 1 is 0.860 bits per heavy atom. The number of aryl methyl sites for hydroxylation is 2. The van der Waals surface area contributed by atoms with Gasteiger partial charge in [0.25, 0.3) is 5.91 Å². The van der Waals surface area contributed by atoms with Crippen LogP contribution in [0.25, 0.3) is 5.69 Å². The first kappa shape index (κ1) is 29.7. The number of anilines is 3. The second kappa shape index (κ2) is 11.8. The number of hydrogen-bond acceptors (Lipinski definition) is 5. The predicted octanol–water partition coefficient (Wildman–Crippen LogP) is 6.07. The molecule has 1 fully saturated rings. The zero-order chi connectivity index (χ0) is 30.9. The molecule has 0 spiro atoms. The lowest BCUT2D eigenvalue weighted by Gasteiger charge is -2.35. The van der Waals surface area contributed by atoms with E-state index in [2.05, 4.69) is 36.4 Å². The van der Waals surface area contributed by atoms with Crippen molar-refractivity contribution in [2.24, 2.45) is 0 Å². The quantitative estimate of drug-likeness (QED) is 0.296. The molecule has 5 rings (SSSR count). The number of benzene rings is 2. The monoisotopic (exact) mass is 587 g/mol. The van der Waals surface area contributed by atoms with E-state index < -0.39 is 23.6 Å². The number of halogens is 2. The van der Waals surface area contributed by atoms with Gasteiger partial charge in [-0.15, -0.1) is 0 Å². The minimum atomic E-state index is -0.869. The zero-order valence-electron chi connectivity index (χ0n) is 24.9. The van der Waals surface area contributed by atoms with Gasteiger partial charge in [0.05, 0.1) is 28.3 Å². The zero-order valence-corrected chi connectivity index (χ0v) is 24.9. The third-order valence-corrected chi connectivity index (χ3v) is 7.37. The molecule has 3 amide bonds. The van der Waals surface area contributed by atoms with Gasteiger partial charge >= 0.3 is 6.03 Å². The minimum Gasteiger partial charge on any atom is -0.353 e. The second-order valence-corrected chi connectivity index (χ2v) is 11.7. The van der Waals surface area contributed by atoms with E-state index in [0.29, 0.717) is 55.3 Å². The molecule has 9 nitrogen and oxygen atoms in total. The summed E-state index contributed by atoms with van der Waals surface area (Å²) in [5.74, 6) is -0.812. The van der Waals surface area contributed by atoms with Crippen molar-refractivity contribution in [3.05, 3.63) is 94.8 Å². The molecule has 0 atom stereocenters. The van der Waals surface area contributed by atoms with Crippen LogP contribution < -0.4 is 15.5 Å². The highest BCUT2D eigenvalue weighted by Crippen LogP contribution is 2.27. The SMILES string of the molecule is Cc1ccc(-n2nc(C(C)(C)C)cc2NC(=O)Nc2ccc(N3CCN(C(=O)c4ccc(F)cc4F)CC3)nc2C)cc1. The summed E-state index contributed by atoms with van der Waals surface area (Å²) in [4.78, 5) is 34.1. The normalized spacial score (nSPS) is 13.7. The maximum atomic E-state index is 14.1. The van der Waals surface area contributed by atoms with E-state index in [1.807, 2.05) is 55.1 Å². The molecule has 0 radical (unpaired) electrons. The summed E-state index contributed by atoms with van der Waals surface area (Å²) in [5.41, 5.74) is 3.63. The van der Waals surface area contributed by atoms with E-state index >= 15 is 0 Å². The summed E-state index contributed by atoms with van der Waals surface area (Å²) in [7, 11) is 0. The van der Waals surface area contributed by atoms with E-state index in [0.717, 1.165) is 23.0 Å². The van der Waals surface area contributed by atoms with Crippen LogP contribution in [0.3, 0.4) is 0 Å². The molecule has 11 heteroatoms. The number of piperazine rings is 1. The standard InChI is InChI=1S/C32H35F2N7O2/c1-20-6-9-23(10-7-20)41-29(19-27(38-41)32(3,4)5)37-31(43)36-26-12-13-28(35-21(26)2)39-14-16-40(17-15-39)30(42)24-11-8-22(33)18-25(24)34/h6-13,18-19H,14-17H2,1-5H3,(H2,36,37,43). The number of amides is 3. The average molecular weight is 588 g/mol. The van der Waals surface area contributed by atoms with Crippen LogP contribution in [-0.2, 0) is 5.41 Å². The molecule has 2 N–H and O–H groups in total. The van der Waals surface area contributed by atoms with Gasteiger partial charge in [-0.3, -0.25) is 10.1 Å². The first-order chi connectivity index (χ1) is 20.4. The number of urea groups is 1. The van der Waals surface area contributed by atoms with Crippen LogP contribution >= 0.6 is 0 Å². The van der Waals surface area contributed by atoms with Crippen molar-refractivity contribution in [3.8, 4) is 5.69 Å². The fourth-order valence-corrected chi connectivity index (χ4v) is 4.82. The minimum absolute atomic E-state index is 0.144. The molecule has 0 aliphatic carbocycles. The van der Waals surface area contributed by atoms with Gasteiger partial charge in [0.2, 0.25) is 0 Å². The second-order valence-electron chi connectivity index (χ2n) is 11.7. The van der Waals surface area contributed by atoms with Crippen LogP contribution in [0.15, 0.2) is 60.7 Å². The molecular formula is C32H35F2N7O2. The summed E-state index contributed by atoms with van der Waals surface area (Å²) in [5, 5.41) is 10.6. The number of rotatable bonds is 5. The number of aromatic nitrogens is 3. The van der Waals surface area contributed by atoms with Crippen LogP contribution in [0.4, 0.5) is 30.9 Å². The molecule has 2 aromatic carbocycles. The largest absolute Gasteiger partial charge is 0.353 e. The van der Waals surface area contributed by atoms with E-state index in [1.54, 1.807) is 15.6 Å². The molecule has 1 saturated heterocycles. The molecular weight excluding hydrogens is 552 g/mol. The fraction of sp³-hybridized carbons (Fsp3) is 0.312. The van der Waals surface area contributed by atoms with Gasteiger partial charge in [-0.2, -0.15) is 5.10 Å². The van der Waals surface area contributed by atoms with Crippen molar-refractivity contribution in [2.75, 3.05) is 41.7 Å². The van der Waals surface area contributed by atoms with Crippen molar-refractivity contribution in [3.63, 3.8) is 0 Å². The summed E-state index contributed by atoms with van der Waals surface area (Å²) < 4.78 is 29.1. The molecule has 0 saturated carbocycles. The van der Waals surface area contributed by atoms with Gasteiger partial charge in [0, 0.05) is 43.7 Å². The first-order valence-corrected chi connectivity index (χ1v) is 14.1. The Kier molecular flexibility index (Phi) is 8.16. The molecule has 43 heavy (non-hydrogen) atoms. The summed E-state index contributed by atoms with van der Waals surface area (Å²) in [6, 6.07) is 15.9. The van der Waals surface area contributed by atoms with Crippen molar-refractivity contribution in [1.29, 1.82) is 0 Å². The Morgan fingerprint density at radius 2 is 1.56 bits per heavy atom. The van der Waals surface area contributed by atoms with Crippen LogP contribution in [0.5, 0.6) is 0 Å². The molecule has 0 bridgehead atoms. The molecule has 1 aliphatic rings. The Morgan fingerprint density at radius 3 is 2.19 bits per heavy atom. The number of carbonyl (C=O) groups is 2. The number of nitrogens with one attached hydrogen (secondary N) is 2. The van der Waals surface area contributed by atoms with E-state index in [9.17, 15) is 18.4 Å². The molecule has 2 aromatic heterocycles. The highest BCUT2D eigenvalue weighted by molar-refractivity contribution is 6.00. The van der Waals surface area contributed by atoms with Crippen molar-refractivity contribution < 1.29 is 18.4 Å². The van der Waals surface area contributed by atoms with Gasteiger partial charge < -0.3 is 15.1 Å². The Bertz CT molecular complexity index is 1650. The summed E-state index contributed by atoms with van der Waals surface area (Å²) in [6.07, 6.45) is 0. The maximum absolute atomic E-state index is 14.1. The van der Waals surface area contributed by atoms with Gasteiger partial charge in [0.15, 0.2) is 0 Å². The van der Waals surface area contributed by atoms with Gasteiger partial charge in [-0.1, -0.05) is 38.5 Å². The Hall–Kier alpha value is -4.80. The van der Waals surface area contributed by atoms with E-state index in [4.69, 9.17) is 5.10 Å². The lowest BCUT2D eigenvalue weighted by atomic mass is 9.92. The van der Waals surface area contributed by atoms with Crippen LogP contribution in [0.1, 0.15) is 48.1 Å². The Balaban J connectivity index is 1.24. The molecule has 3 heterocycles. The van der Waals surface area contributed by atoms with Gasteiger partial charge in [-0.25, -0.2) is 23.2 Å². The highest BCUT2D eigenvalue weighted by atomic mass is 19.1. The summed E-state index contributed by atoms with van der Waals surface area (Å²) >= 11 is 0. The van der Waals surface area contributed by atoms with Crippen molar-refractivity contribution in [2.45, 2.75) is 40.0 Å². The summed E-state index contributed by atoms with van der Waals surface area (Å²) in [6.45, 7) is 11.7. The molecule has 4 aromatic rings. The van der Waals surface area contributed by atoms with Crippen LogP contribution in [0, 0.1) is 25.5 Å². The lowest BCUT2D eigenvalue weighted by Crippen LogP contribution is -2.49. The molecule has 0 unspecified atom stereocenters. The predicted molar refractivity (Wildman–Crippen MR) is 163 cm³/mol. The number of hydrogen-bond donors (Lipinski definition) is 2.